The van der Waals surface area contributed by atoms with Gasteiger partial charge in [-0.1, -0.05) is 0 Å². The average molecular weight is 170 g/mol. The van der Waals surface area contributed by atoms with E-state index in [4.69, 9.17) is 0 Å². The largest absolute Gasteiger partial charge is 0.318 e. The maximum absolute atomic E-state index is 12.3. The van der Waals surface area contributed by atoms with Crippen LogP contribution in [0.25, 0.3) is 0 Å². The van der Waals surface area contributed by atoms with Crippen molar-refractivity contribution in [3.05, 3.63) is 0 Å². The van der Waals surface area contributed by atoms with Crippen molar-refractivity contribution in [2.24, 2.45) is 0 Å². The van der Waals surface area contributed by atoms with Gasteiger partial charge in [-0.25, -0.2) is 0 Å². The van der Waals surface area contributed by atoms with E-state index in [2.05, 4.69) is 0 Å². The molecule has 0 aromatic carbocycles. The van der Waals surface area contributed by atoms with Crippen LogP contribution in [0.5, 0.6) is 0 Å². The third-order valence-corrected chi connectivity index (χ3v) is 2.65. The number of alkyl halides is 2. The zero-order valence-electron chi connectivity index (χ0n) is 6.57. The van der Waals surface area contributed by atoms with Gasteiger partial charge < -0.3 is 0 Å². The van der Waals surface area contributed by atoms with Crippen LogP contribution in [0.2, 0.25) is 0 Å². The van der Waals surface area contributed by atoms with E-state index in [1.54, 1.807) is 0 Å². The highest BCUT2D eigenvalue weighted by Gasteiger charge is 2.38. The number of hydrogen-bond donors (Lipinski definition) is 0. The summed E-state index contributed by atoms with van der Waals surface area (Å²) in [6.45, 7) is 5.26. The first kappa shape index (κ1) is 10.0. The molecule has 0 fully saturated rings. The van der Waals surface area contributed by atoms with E-state index in [1.165, 1.54) is 20.8 Å². The first-order chi connectivity index (χ1) is 4.15. The Labute approximate surface area is 62.3 Å². The molecule has 0 radical (unpaired) electrons. The van der Waals surface area contributed by atoms with Crippen LogP contribution in [0, 0.1) is 0 Å². The molecule has 10 heavy (non-hydrogen) atoms. The van der Waals surface area contributed by atoms with Crippen LogP contribution in [-0.2, 0) is 10.8 Å². The van der Waals surface area contributed by atoms with Crippen LogP contribution in [-0.4, -0.2) is 14.2 Å². The lowest BCUT2D eigenvalue weighted by Gasteiger charge is -2.21. The molecule has 0 saturated heterocycles. The van der Waals surface area contributed by atoms with E-state index in [9.17, 15) is 13.0 Å². The Balaban J connectivity index is 4.40. The Morgan fingerprint density at radius 2 is 1.40 bits per heavy atom. The van der Waals surface area contributed by atoms with Crippen LogP contribution >= 0.6 is 0 Å². The molecule has 4 heteroatoms. The van der Waals surface area contributed by atoms with Crippen LogP contribution in [0.3, 0.4) is 0 Å². The summed E-state index contributed by atoms with van der Waals surface area (Å²) in [7, 11) is -2.09. The van der Waals surface area contributed by atoms with E-state index in [1.807, 2.05) is 0 Å². The quantitative estimate of drug-likeness (QED) is 0.589. The molecule has 0 bridgehead atoms. The number of hydrogen-bond acceptors (Lipinski definition) is 1. The van der Waals surface area contributed by atoms with Gasteiger partial charge in [-0.05, 0) is 20.8 Å². The monoisotopic (exact) mass is 170 g/mol. The Morgan fingerprint density at radius 1 is 1.10 bits per heavy atom. The maximum Gasteiger partial charge on any atom is 0.318 e. The Hall–Kier alpha value is 0.01000. The third-order valence-electron chi connectivity index (χ3n) is 0.882. The van der Waals surface area contributed by atoms with Crippen molar-refractivity contribution in [2.45, 2.75) is 37.7 Å². The van der Waals surface area contributed by atoms with Gasteiger partial charge in [0.15, 0.2) is 0 Å². The van der Waals surface area contributed by atoms with Crippen LogP contribution in [0.1, 0.15) is 27.7 Å². The Morgan fingerprint density at radius 3 is 1.40 bits per heavy atom. The van der Waals surface area contributed by atoms with Gasteiger partial charge in [0.05, 0.1) is 10.8 Å². The summed E-state index contributed by atoms with van der Waals surface area (Å²) in [6.07, 6.45) is 0. The molecule has 0 saturated carbocycles. The van der Waals surface area contributed by atoms with Crippen molar-refractivity contribution in [2.75, 3.05) is 0 Å². The van der Waals surface area contributed by atoms with E-state index in [0.29, 0.717) is 6.92 Å². The van der Waals surface area contributed by atoms with E-state index in [0.717, 1.165) is 0 Å². The molecule has 0 aliphatic carbocycles. The maximum atomic E-state index is 12.3. The van der Waals surface area contributed by atoms with E-state index < -0.39 is 20.8 Å². The molecule has 62 valence electrons. The van der Waals surface area contributed by atoms with Gasteiger partial charge >= 0.3 is 5.25 Å². The second kappa shape index (κ2) is 2.57. The highest BCUT2D eigenvalue weighted by atomic mass is 32.2. The number of rotatable bonds is 1. The van der Waals surface area contributed by atoms with Crippen molar-refractivity contribution in [3.63, 3.8) is 0 Å². The smallest absolute Gasteiger partial charge is 0.253 e. The van der Waals surface area contributed by atoms with Gasteiger partial charge in [0, 0.05) is 11.7 Å². The molecule has 0 aliphatic heterocycles. The minimum absolute atomic E-state index is 0.675. The topological polar surface area (TPSA) is 17.1 Å². The summed E-state index contributed by atoms with van der Waals surface area (Å²) in [6, 6.07) is 0. The Kier molecular flexibility index (Phi) is 2.57. The van der Waals surface area contributed by atoms with Gasteiger partial charge in [-0.2, -0.15) is 8.78 Å². The van der Waals surface area contributed by atoms with E-state index >= 15 is 0 Å². The van der Waals surface area contributed by atoms with Crippen molar-refractivity contribution in [3.8, 4) is 0 Å². The summed E-state index contributed by atoms with van der Waals surface area (Å²) in [5.74, 6) is 0. The fourth-order valence-corrected chi connectivity index (χ4v) is 1.61. The summed E-state index contributed by atoms with van der Waals surface area (Å²) in [5.41, 5.74) is 0. The van der Waals surface area contributed by atoms with Gasteiger partial charge in [0.1, 0.15) is 0 Å². The summed E-state index contributed by atoms with van der Waals surface area (Å²) < 4.78 is 34.6. The van der Waals surface area contributed by atoms with Crippen molar-refractivity contribution in [1.82, 2.24) is 0 Å². The Bertz CT molecular complexity index is 127. The third kappa shape index (κ3) is 2.73. The molecular weight excluding hydrogens is 158 g/mol. The molecule has 0 heterocycles. The fourth-order valence-electron chi connectivity index (χ4n) is 0.538. The lowest BCUT2D eigenvalue weighted by atomic mass is 10.3. The lowest BCUT2D eigenvalue weighted by Crippen LogP contribution is -2.33. The SMILES string of the molecule is CC(C)(C)S(=O)C(C)(F)F. The molecule has 0 spiro atoms. The minimum atomic E-state index is -3.09. The van der Waals surface area contributed by atoms with Crippen LogP contribution in [0.4, 0.5) is 8.78 Å². The zero-order valence-corrected chi connectivity index (χ0v) is 7.39. The van der Waals surface area contributed by atoms with Crippen molar-refractivity contribution in [1.29, 1.82) is 0 Å². The average Bonchev–Trinajstić information content (AvgIpc) is 1.59. The normalized spacial score (nSPS) is 17.0. The first-order valence-electron chi connectivity index (χ1n) is 2.95. The standard InChI is InChI=1S/C6H12F2OS/c1-5(2,3)10(9)6(4,7)8/h1-4H3. The van der Waals surface area contributed by atoms with Gasteiger partial charge in [-0.15, -0.1) is 0 Å². The fraction of sp³-hybridized carbons (Fsp3) is 1.00. The predicted molar refractivity (Wildman–Crippen MR) is 38.5 cm³/mol. The second-order valence-electron chi connectivity index (χ2n) is 3.19. The summed E-state index contributed by atoms with van der Waals surface area (Å²) in [5, 5.41) is -3.09. The molecule has 1 unspecified atom stereocenters. The molecule has 0 aromatic heterocycles. The lowest BCUT2D eigenvalue weighted by molar-refractivity contribution is 0.119. The van der Waals surface area contributed by atoms with Gasteiger partial charge in [-0.3, -0.25) is 4.21 Å². The molecule has 0 aliphatic rings. The molecule has 0 aromatic rings. The highest BCUT2D eigenvalue weighted by molar-refractivity contribution is 7.87. The van der Waals surface area contributed by atoms with Crippen molar-refractivity contribution >= 4 is 10.8 Å². The summed E-state index contributed by atoms with van der Waals surface area (Å²) >= 11 is 0. The van der Waals surface area contributed by atoms with E-state index in [-0.39, 0.29) is 0 Å². The summed E-state index contributed by atoms with van der Waals surface area (Å²) in [4.78, 5) is 0. The van der Waals surface area contributed by atoms with Crippen molar-refractivity contribution < 1.29 is 13.0 Å². The predicted octanol–water partition coefficient (Wildman–Crippen LogP) is 2.15. The second-order valence-corrected chi connectivity index (χ2v) is 5.67. The molecule has 0 N–H and O–H groups in total. The molecule has 1 nitrogen and oxygen atoms in total. The van der Waals surface area contributed by atoms with Gasteiger partial charge in [0.25, 0.3) is 0 Å². The highest BCUT2D eigenvalue weighted by Crippen LogP contribution is 2.26. The molecule has 0 rings (SSSR count). The van der Waals surface area contributed by atoms with Crippen LogP contribution in [0.15, 0.2) is 0 Å². The first-order valence-corrected chi connectivity index (χ1v) is 4.10. The molecule has 0 amide bonds. The number of halogens is 2. The molecule has 1 atom stereocenters. The van der Waals surface area contributed by atoms with Crippen LogP contribution < -0.4 is 0 Å². The van der Waals surface area contributed by atoms with Gasteiger partial charge in [0.2, 0.25) is 0 Å². The zero-order chi connectivity index (χ0) is 8.58. The minimum Gasteiger partial charge on any atom is -0.253 e. The molecular formula is C6H12F2OS.